The summed E-state index contributed by atoms with van der Waals surface area (Å²) < 4.78 is 41.0. The van der Waals surface area contributed by atoms with Crippen molar-refractivity contribution in [1.29, 1.82) is 0 Å². The Labute approximate surface area is 89.0 Å². The largest absolute Gasteiger partial charge is 0.463 e. The van der Waals surface area contributed by atoms with Gasteiger partial charge >= 0.3 is 6.18 Å². The Morgan fingerprint density at radius 2 is 2.07 bits per heavy atom. The molecule has 1 rings (SSSR count). The normalized spacial score (nSPS) is 13.7. The fraction of sp³-hybridized carbons (Fsp3) is 0.375. The van der Waals surface area contributed by atoms with Crippen molar-refractivity contribution in [3.05, 3.63) is 17.3 Å². The Hall–Kier alpha value is -1.17. The van der Waals surface area contributed by atoms with Crippen LogP contribution in [0.2, 0.25) is 5.15 Å². The maximum atomic E-state index is 12.1. The molecule has 0 aliphatic heterocycles. The summed E-state index contributed by atoms with van der Waals surface area (Å²) in [6.07, 6.45) is -6.44. The molecule has 0 fully saturated rings. The van der Waals surface area contributed by atoms with Crippen LogP contribution >= 0.6 is 11.6 Å². The Morgan fingerprint density at radius 1 is 1.47 bits per heavy atom. The molecule has 0 aliphatic carbocycles. The van der Waals surface area contributed by atoms with E-state index in [1.807, 2.05) is 0 Å². The topological polar surface area (TPSA) is 48.1 Å². The van der Waals surface area contributed by atoms with Gasteiger partial charge < -0.3 is 10.5 Å². The molecule has 1 heterocycles. The zero-order valence-electron chi connectivity index (χ0n) is 7.68. The van der Waals surface area contributed by atoms with Crippen LogP contribution in [0, 0.1) is 0 Å². The molecule has 1 atom stereocenters. The number of ether oxygens (including phenoxy) is 1. The number of nitrogens with two attached hydrogens (primary N) is 1. The number of aromatic nitrogens is 1. The summed E-state index contributed by atoms with van der Waals surface area (Å²) in [6, 6.07) is 2.69. The number of nitrogens with zero attached hydrogens (tertiary/aromatic N) is 1. The lowest BCUT2D eigenvalue weighted by Gasteiger charge is -2.17. The number of nitrogen functional groups attached to an aromatic ring is 1. The molecule has 0 bridgehead atoms. The third kappa shape index (κ3) is 3.16. The number of rotatable bonds is 2. The molecule has 7 heteroatoms. The summed E-state index contributed by atoms with van der Waals surface area (Å²) in [6.45, 7) is 0.863. The second-order valence-electron chi connectivity index (χ2n) is 2.83. The van der Waals surface area contributed by atoms with Crippen molar-refractivity contribution in [2.24, 2.45) is 0 Å². The van der Waals surface area contributed by atoms with E-state index in [1.54, 1.807) is 0 Å². The van der Waals surface area contributed by atoms with E-state index >= 15 is 0 Å². The van der Waals surface area contributed by atoms with Crippen LogP contribution in [0.5, 0.6) is 5.88 Å². The van der Waals surface area contributed by atoms with Gasteiger partial charge in [-0.15, -0.1) is 0 Å². The molecule has 0 saturated heterocycles. The van der Waals surface area contributed by atoms with Crippen LogP contribution in [0.3, 0.4) is 0 Å². The summed E-state index contributed by atoms with van der Waals surface area (Å²) in [4.78, 5) is 3.54. The van der Waals surface area contributed by atoms with Crippen LogP contribution in [0.1, 0.15) is 6.92 Å². The lowest BCUT2D eigenvalue weighted by molar-refractivity contribution is -0.189. The first kappa shape index (κ1) is 11.9. The van der Waals surface area contributed by atoms with Gasteiger partial charge in [-0.3, -0.25) is 0 Å². The first-order valence-electron chi connectivity index (χ1n) is 3.96. The van der Waals surface area contributed by atoms with Crippen LogP contribution in [-0.4, -0.2) is 17.3 Å². The Balaban J connectivity index is 2.85. The number of anilines is 1. The molecule has 1 aromatic heterocycles. The van der Waals surface area contributed by atoms with Crippen LogP contribution in [-0.2, 0) is 0 Å². The molecule has 15 heavy (non-hydrogen) atoms. The monoisotopic (exact) mass is 240 g/mol. The van der Waals surface area contributed by atoms with Crippen LogP contribution in [0.15, 0.2) is 12.1 Å². The van der Waals surface area contributed by atoms with E-state index < -0.39 is 12.3 Å². The average Bonchev–Trinajstić information content (AvgIpc) is 2.09. The highest BCUT2D eigenvalue weighted by Crippen LogP contribution is 2.27. The second-order valence-corrected chi connectivity index (χ2v) is 3.22. The van der Waals surface area contributed by atoms with Crippen molar-refractivity contribution in [1.82, 2.24) is 4.98 Å². The second kappa shape index (κ2) is 4.14. The number of alkyl halides is 3. The number of hydrogen-bond acceptors (Lipinski definition) is 3. The number of halogens is 4. The minimum absolute atomic E-state index is 0.00972. The summed E-state index contributed by atoms with van der Waals surface area (Å²) in [5.74, 6) is -0.313. The highest BCUT2D eigenvalue weighted by Gasteiger charge is 2.38. The third-order valence-corrected chi connectivity index (χ3v) is 1.82. The number of hydrogen-bond donors (Lipinski definition) is 1. The van der Waals surface area contributed by atoms with Gasteiger partial charge in [0.2, 0.25) is 5.88 Å². The van der Waals surface area contributed by atoms with Crippen molar-refractivity contribution >= 4 is 17.3 Å². The van der Waals surface area contributed by atoms with Gasteiger partial charge in [0.05, 0.1) is 5.69 Å². The summed E-state index contributed by atoms with van der Waals surface area (Å²) >= 11 is 5.49. The van der Waals surface area contributed by atoms with Gasteiger partial charge in [0.25, 0.3) is 0 Å². The van der Waals surface area contributed by atoms with Gasteiger partial charge in [0, 0.05) is 0 Å². The van der Waals surface area contributed by atoms with E-state index in [1.165, 1.54) is 12.1 Å². The fourth-order valence-corrected chi connectivity index (χ4v) is 0.897. The Kier molecular flexibility index (Phi) is 3.28. The van der Waals surface area contributed by atoms with Crippen molar-refractivity contribution in [3.63, 3.8) is 0 Å². The molecular weight excluding hydrogens is 233 g/mol. The molecule has 0 saturated carbocycles. The van der Waals surface area contributed by atoms with Gasteiger partial charge in [0.1, 0.15) is 5.15 Å². The maximum absolute atomic E-state index is 12.1. The fourth-order valence-electron chi connectivity index (χ4n) is 0.757. The first-order valence-corrected chi connectivity index (χ1v) is 4.34. The molecule has 2 N–H and O–H groups in total. The predicted octanol–water partition coefficient (Wildman–Crippen LogP) is 2.65. The Bertz CT molecular complexity index is 356. The van der Waals surface area contributed by atoms with Crippen molar-refractivity contribution < 1.29 is 17.9 Å². The standard InChI is InChI=1S/C8H8ClF3N2O/c1-4(8(10,11)12)15-7-5(13)2-3-6(9)14-7/h2-4H,13H2,1H3. The van der Waals surface area contributed by atoms with Crippen molar-refractivity contribution in [2.75, 3.05) is 5.73 Å². The SMILES string of the molecule is CC(Oc1nc(Cl)ccc1N)C(F)(F)F. The van der Waals surface area contributed by atoms with E-state index in [2.05, 4.69) is 9.72 Å². The van der Waals surface area contributed by atoms with Crippen molar-refractivity contribution in [3.8, 4) is 5.88 Å². The van der Waals surface area contributed by atoms with E-state index in [9.17, 15) is 13.2 Å². The smallest absolute Gasteiger partial charge is 0.425 e. The van der Waals surface area contributed by atoms with Crippen molar-refractivity contribution in [2.45, 2.75) is 19.2 Å². The van der Waals surface area contributed by atoms with Gasteiger partial charge in [-0.25, -0.2) is 0 Å². The minimum atomic E-state index is -4.46. The molecule has 0 aliphatic rings. The average molecular weight is 241 g/mol. The van der Waals surface area contributed by atoms with Crippen LogP contribution < -0.4 is 10.5 Å². The molecule has 0 radical (unpaired) electrons. The third-order valence-electron chi connectivity index (χ3n) is 1.61. The molecule has 84 valence electrons. The molecule has 0 spiro atoms. The zero-order valence-corrected chi connectivity index (χ0v) is 8.43. The lowest BCUT2D eigenvalue weighted by atomic mass is 10.4. The van der Waals surface area contributed by atoms with E-state index in [-0.39, 0.29) is 16.7 Å². The summed E-state index contributed by atoms with van der Waals surface area (Å²) in [7, 11) is 0. The maximum Gasteiger partial charge on any atom is 0.425 e. The van der Waals surface area contributed by atoms with Gasteiger partial charge in [-0.1, -0.05) is 11.6 Å². The highest BCUT2D eigenvalue weighted by atomic mass is 35.5. The predicted molar refractivity (Wildman–Crippen MR) is 49.8 cm³/mol. The van der Waals surface area contributed by atoms with E-state index in [0.717, 1.165) is 6.92 Å². The van der Waals surface area contributed by atoms with E-state index in [0.29, 0.717) is 0 Å². The van der Waals surface area contributed by atoms with E-state index in [4.69, 9.17) is 17.3 Å². The molecule has 1 aromatic rings. The summed E-state index contributed by atoms with van der Waals surface area (Å²) in [5, 5.41) is 0.0218. The number of pyridine rings is 1. The molecule has 1 unspecified atom stereocenters. The summed E-state index contributed by atoms with van der Waals surface area (Å²) in [5.41, 5.74) is 5.38. The van der Waals surface area contributed by atoms with Crippen LogP contribution in [0.4, 0.5) is 18.9 Å². The molecular formula is C8H8ClF3N2O. The Morgan fingerprint density at radius 3 is 2.60 bits per heavy atom. The minimum Gasteiger partial charge on any atom is -0.463 e. The molecule has 0 aromatic carbocycles. The molecule has 3 nitrogen and oxygen atoms in total. The van der Waals surface area contributed by atoms with Gasteiger partial charge in [-0.2, -0.15) is 18.2 Å². The van der Waals surface area contributed by atoms with Gasteiger partial charge in [-0.05, 0) is 19.1 Å². The molecule has 0 amide bonds. The van der Waals surface area contributed by atoms with Crippen LogP contribution in [0.25, 0.3) is 0 Å². The first-order chi connectivity index (χ1) is 6.80. The highest BCUT2D eigenvalue weighted by molar-refractivity contribution is 6.29. The quantitative estimate of drug-likeness (QED) is 0.809. The zero-order chi connectivity index (χ0) is 11.6. The lowest BCUT2D eigenvalue weighted by Crippen LogP contribution is -2.31. The van der Waals surface area contributed by atoms with Gasteiger partial charge in [0.15, 0.2) is 6.10 Å².